The second-order valence-electron chi connectivity index (χ2n) is 4.91. The number of hydrogen-bond donors (Lipinski definition) is 2. The molecule has 0 aromatic heterocycles. The minimum atomic E-state index is 0.0896. The highest BCUT2D eigenvalue weighted by Crippen LogP contribution is 2.36. The van der Waals surface area contributed by atoms with Gasteiger partial charge in [0.05, 0.1) is 13.2 Å². The lowest BCUT2D eigenvalue weighted by atomic mass is 9.89. The SMILES string of the molecule is COc1ccc(Br)cc1C1NCCc2cc(O)ccc21. The molecule has 2 aromatic carbocycles. The Bertz CT molecular complexity index is 642. The Balaban J connectivity index is 2.11. The zero-order valence-corrected chi connectivity index (χ0v) is 12.8. The first-order valence-corrected chi connectivity index (χ1v) is 7.37. The Kier molecular flexibility index (Phi) is 3.68. The van der Waals surface area contributed by atoms with Gasteiger partial charge in [0.1, 0.15) is 11.5 Å². The van der Waals surface area contributed by atoms with Crippen LogP contribution in [-0.4, -0.2) is 18.8 Å². The fourth-order valence-electron chi connectivity index (χ4n) is 2.76. The molecule has 0 aliphatic carbocycles. The molecule has 4 heteroatoms. The van der Waals surface area contributed by atoms with Crippen molar-refractivity contribution in [2.24, 2.45) is 0 Å². The number of phenolic OH excluding ortho intramolecular Hbond substituents is 1. The van der Waals surface area contributed by atoms with Crippen molar-refractivity contribution >= 4 is 15.9 Å². The smallest absolute Gasteiger partial charge is 0.124 e. The standard InChI is InChI=1S/C16H16BrNO2/c1-20-15-5-2-11(17)9-14(15)16-13-4-3-12(19)8-10(13)6-7-18-16/h2-5,8-9,16,18-19H,6-7H2,1H3. The van der Waals surface area contributed by atoms with Crippen LogP contribution in [-0.2, 0) is 6.42 Å². The van der Waals surface area contributed by atoms with Crippen LogP contribution in [0.3, 0.4) is 0 Å². The highest BCUT2D eigenvalue weighted by molar-refractivity contribution is 9.10. The van der Waals surface area contributed by atoms with Gasteiger partial charge in [-0.1, -0.05) is 22.0 Å². The molecule has 2 aromatic rings. The van der Waals surface area contributed by atoms with E-state index >= 15 is 0 Å². The van der Waals surface area contributed by atoms with Crippen LogP contribution in [0.5, 0.6) is 11.5 Å². The Morgan fingerprint density at radius 3 is 2.85 bits per heavy atom. The third-order valence-electron chi connectivity index (χ3n) is 3.68. The number of hydrogen-bond acceptors (Lipinski definition) is 3. The van der Waals surface area contributed by atoms with Crippen molar-refractivity contribution in [2.45, 2.75) is 12.5 Å². The molecule has 2 N–H and O–H groups in total. The lowest BCUT2D eigenvalue weighted by Crippen LogP contribution is -2.30. The molecule has 0 spiro atoms. The van der Waals surface area contributed by atoms with E-state index < -0.39 is 0 Å². The van der Waals surface area contributed by atoms with E-state index in [1.807, 2.05) is 24.3 Å². The maximum atomic E-state index is 9.64. The quantitative estimate of drug-likeness (QED) is 0.885. The van der Waals surface area contributed by atoms with Crippen molar-refractivity contribution in [3.05, 3.63) is 57.6 Å². The summed E-state index contributed by atoms with van der Waals surface area (Å²) < 4.78 is 6.51. The highest BCUT2D eigenvalue weighted by atomic mass is 79.9. The third-order valence-corrected chi connectivity index (χ3v) is 4.18. The third kappa shape index (κ3) is 2.41. The topological polar surface area (TPSA) is 41.5 Å². The molecule has 0 saturated heterocycles. The van der Waals surface area contributed by atoms with E-state index in [1.54, 1.807) is 13.2 Å². The molecule has 3 nitrogen and oxygen atoms in total. The fourth-order valence-corrected chi connectivity index (χ4v) is 3.14. The molecule has 1 atom stereocenters. The van der Waals surface area contributed by atoms with Gasteiger partial charge in [0.2, 0.25) is 0 Å². The highest BCUT2D eigenvalue weighted by Gasteiger charge is 2.24. The van der Waals surface area contributed by atoms with Gasteiger partial charge in [0.15, 0.2) is 0 Å². The van der Waals surface area contributed by atoms with Crippen molar-refractivity contribution in [3.63, 3.8) is 0 Å². The molecular weight excluding hydrogens is 318 g/mol. The van der Waals surface area contributed by atoms with Gasteiger partial charge in [-0.25, -0.2) is 0 Å². The molecule has 0 bridgehead atoms. The molecule has 0 radical (unpaired) electrons. The lowest BCUT2D eigenvalue weighted by molar-refractivity contribution is 0.402. The first-order valence-electron chi connectivity index (χ1n) is 6.57. The molecule has 1 aliphatic rings. The molecule has 1 heterocycles. The van der Waals surface area contributed by atoms with E-state index in [0.29, 0.717) is 5.75 Å². The van der Waals surface area contributed by atoms with Crippen molar-refractivity contribution in [2.75, 3.05) is 13.7 Å². The fraction of sp³-hybridized carbons (Fsp3) is 0.250. The monoisotopic (exact) mass is 333 g/mol. The molecule has 20 heavy (non-hydrogen) atoms. The van der Waals surface area contributed by atoms with E-state index in [-0.39, 0.29) is 6.04 Å². The van der Waals surface area contributed by atoms with Gasteiger partial charge in [-0.2, -0.15) is 0 Å². The second kappa shape index (κ2) is 5.46. The molecular formula is C16H16BrNO2. The average Bonchev–Trinajstić information content (AvgIpc) is 2.46. The summed E-state index contributed by atoms with van der Waals surface area (Å²) >= 11 is 3.52. The number of rotatable bonds is 2. The molecule has 0 amide bonds. The summed E-state index contributed by atoms with van der Waals surface area (Å²) in [7, 11) is 1.69. The van der Waals surface area contributed by atoms with Crippen LogP contribution in [0.25, 0.3) is 0 Å². The number of aromatic hydroxyl groups is 1. The van der Waals surface area contributed by atoms with Crippen LogP contribution < -0.4 is 10.1 Å². The zero-order valence-electron chi connectivity index (χ0n) is 11.2. The lowest BCUT2D eigenvalue weighted by Gasteiger charge is -2.28. The van der Waals surface area contributed by atoms with Crippen LogP contribution in [0.1, 0.15) is 22.7 Å². The zero-order chi connectivity index (χ0) is 14.1. The van der Waals surface area contributed by atoms with Gasteiger partial charge in [-0.05, 0) is 47.9 Å². The predicted octanol–water partition coefficient (Wildman–Crippen LogP) is 3.40. The molecule has 104 valence electrons. The van der Waals surface area contributed by atoms with E-state index in [9.17, 15) is 5.11 Å². The summed E-state index contributed by atoms with van der Waals surface area (Å²) in [6, 6.07) is 11.7. The van der Waals surface area contributed by atoms with E-state index in [0.717, 1.165) is 28.8 Å². The number of methoxy groups -OCH3 is 1. The van der Waals surface area contributed by atoms with Gasteiger partial charge in [0.25, 0.3) is 0 Å². The Morgan fingerprint density at radius 2 is 2.05 bits per heavy atom. The summed E-state index contributed by atoms with van der Waals surface area (Å²) in [5, 5.41) is 13.2. The minimum Gasteiger partial charge on any atom is -0.508 e. The summed E-state index contributed by atoms with van der Waals surface area (Å²) in [6.45, 7) is 0.886. The van der Waals surface area contributed by atoms with Crippen LogP contribution in [0.2, 0.25) is 0 Å². The van der Waals surface area contributed by atoms with Gasteiger partial charge in [-0.3, -0.25) is 0 Å². The van der Waals surface area contributed by atoms with Crippen molar-refractivity contribution in [1.29, 1.82) is 0 Å². The Labute approximate surface area is 126 Å². The maximum Gasteiger partial charge on any atom is 0.124 e. The second-order valence-corrected chi connectivity index (χ2v) is 5.82. The largest absolute Gasteiger partial charge is 0.508 e. The number of ether oxygens (including phenoxy) is 1. The summed E-state index contributed by atoms with van der Waals surface area (Å²) in [5.74, 6) is 1.19. The molecule has 3 rings (SSSR count). The van der Waals surface area contributed by atoms with Gasteiger partial charge in [-0.15, -0.1) is 0 Å². The molecule has 0 fully saturated rings. The van der Waals surface area contributed by atoms with Crippen LogP contribution in [0, 0.1) is 0 Å². The van der Waals surface area contributed by atoms with Gasteiger partial charge in [0, 0.05) is 16.6 Å². The first-order chi connectivity index (χ1) is 9.69. The average molecular weight is 334 g/mol. The number of nitrogens with one attached hydrogen (secondary N) is 1. The summed E-state index contributed by atoms with van der Waals surface area (Å²) in [4.78, 5) is 0. The van der Waals surface area contributed by atoms with E-state index in [1.165, 1.54) is 11.1 Å². The van der Waals surface area contributed by atoms with Crippen LogP contribution in [0.15, 0.2) is 40.9 Å². The Morgan fingerprint density at radius 1 is 1.20 bits per heavy atom. The van der Waals surface area contributed by atoms with Gasteiger partial charge >= 0.3 is 0 Å². The van der Waals surface area contributed by atoms with Crippen molar-refractivity contribution in [3.8, 4) is 11.5 Å². The summed E-state index contributed by atoms with van der Waals surface area (Å²) in [6.07, 6.45) is 0.927. The number of fused-ring (bicyclic) bond motifs is 1. The first kappa shape index (κ1) is 13.5. The maximum absolute atomic E-state index is 9.64. The normalized spacial score (nSPS) is 17.6. The predicted molar refractivity (Wildman–Crippen MR) is 82.4 cm³/mol. The molecule has 0 saturated carbocycles. The number of phenols is 1. The van der Waals surface area contributed by atoms with E-state index in [4.69, 9.17) is 4.74 Å². The van der Waals surface area contributed by atoms with Gasteiger partial charge < -0.3 is 15.2 Å². The van der Waals surface area contributed by atoms with E-state index in [2.05, 4.69) is 27.3 Å². The molecule has 1 unspecified atom stereocenters. The number of benzene rings is 2. The van der Waals surface area contributed by atoms with Crippen LogP contribution >= 0.6 is 15.9 Å². The number of halogens is 1. The Hall–Kier alpha value is -1.52. The minimum absolute atomic E-state index is 0.0896. The molecule has 1 aliphatic heterocycles. The summed E-state index contributed by atoms with van der Waals surface area (Å²) in [5.41, 5.74) is 3.50. The van der Waals surface area contributed by atoms with Crippen molar-refractivity contribution in [1.82, 2.24) is 5.32 Å². The van der Waals surface area contributed by atoms with Crippen LogP contribution in [0.4, 0.5) is 0 Å². The van der Waals surface area contributed by atoms with Crippen molar-refractivity contribution < 1.29 is 9.84 Å².